The van der Waals surface area contributed by atoms with E-state index in [2.05, 4.69) is 10.3 Å². The lowest BCUT2D eigenvalue weighted by molar-refractivity contribution is 0.457. The van der Waals surface area contributed by atoms with Crippen LogP contribution in [0, 0.1) is 12.7 Å². The maximum absolute atomic E-state index is 13.5. The average Bonchev–Trinajstić information content (AvgIpc) is 3.27. The number of halogens is 2. The van der Waals surface area contributed by atoms with Crippen molar-refractivity contribution < 1.29 is 9.13 Å². The highest BCUT2D eigenvalue weighted by Gasteiger charge is 2.20. The Morgan fingerprint density at radius 3 is 2.86 bits per heavy atom. The van der Waals surface area contributed by atoms with E-state index in [1.807, 2.05) is 6.07 Å². The van der Waals surface area contributed by atoms with Gasteiger partial charge >= 0.3 is 0 Å². The molecule has 1 aromatic carbocycles. The summed E-state index contributed by atoms with van der Waals surface area (Å²) in [5.74, 6) is 0.361. The van der Waals surface area contributed by atoms with Gasteiger partial charge in [-0.2, -0.15) is 0 Å². The summed E-state index contributed by atoms with van der Waals surface area (Å²) in [6.07, 6.45) is 4.20. The summed E-state index contributed by atoms with van der Waals surface area (Å²) in [7, 11) is 0. The third-order valence-corrected chi connectivity index (χ3v) is 3.66. The standard InChI is InChI=1S/C16H16ClFN2O/c1-10-2-5-13(7-15(10)18)21-16-14(17)6-11(9-20-16)8-19-12-3-4-12/h2,5-7,9,12,19H,3-4,8H2,1H3. The van der Waals surface area contributed by atoms with Gasteiger partial charge < -0.3 is 10.1 Å². The Morgan fingerprint density at radius 1 is 1.38 bits per heavy atom. The van der Waals surface area contributed by atoms with E-state index in [1.165, 1.54) is 18.9 Å². The van der Waals surface area contributed by atoms with Crippen LogP contribution in [-0.2, 0) is 6.54 Å². The Hall–Kier alpha value is -1.65. The lowest BCUT2D eigenvalue weighted by Gasteiger charge is -2.09. The van der Waals surface area contributed by atoms with Gasteiger partial charge in [-0.05, 0) is 43.0 Å². The molecule has 0 bridgehead atoms. The van der Waals surface area contributed by atoms with Gasteiger partial charge in [0.25, 0.3) is 0 Å². The second kappa shape index (κ2) is 6.00. The van der Waals surface area contributed by atoms with Gasteiger partial charge in [-0.25, -0.2) is 9.37 Å². The second-order valence-electron chi connectivity index (χ2n) is 5.30. The molecule has 110 valence electrons. The summed E-state index contributed by atoms with van der Waals surface area (Å²) in [6.45, 7) is 2.45. The monoisotopic (exact) mass is 306 g/mol. The third kappa shape index (κ3) is 3.71. The number of aryl methyl sites for hydroxylation is 1. The van der Waals surface area contributed by atoms with Gasteiger partial charge in [0.1, 0.15) is 16.6 Å². The fourth-order valence-corrected chi connectivity index (χ4v) is 2.16. The van der Waals surface area contributed by atoms with E-state index in [9.17, 15) is 4.39 Å². The van der Waals surface area contributed by atoms with E-state index in [4.69, 9.17) is 16.3 Å². The molecule has 3 nitrogen and oxygen atoms in total. The first-order chi connectivity index (χ1) is 10.1. The fraction of sp³-hybridized carbons (Fsp3) is 0.312. The molecule has 1 heterocycles. The SMILES string of the molecule is Cc1ccc(Oc2ncc(CNC3CC3)cc2Cl)cc1F. The van der Waals surface area contributed by atoms with Gasteiger partial charge in [0.2, 0.25) is 5.88 Å². The quantitative estimate of drug-likeness (QED) is 0.897. The molecule has 1 saturated carbocycles. The molecule has 21 heavy (non-hydrogen) atoms. The lowest BCUT2D eigenvalue weighted by Crippen LogP contribution is -2.15. The molecule has 3 rings (SSSR count). The summed E-state index contributed by atoms with van der Waals surface area (Å²) in [5, 5.41) is 3.82. The summed E-state index contributed by atoms with van der Waals surface area (Å²) in [5.41, 5.74) is 1.58. The zero-order chi connectivity index (χ0) is 14.8. The molecular formula is C16H16ClFN2O. The molecule has 1 aliphatic rings. The molecule has 0 aliphatic heterocycles. The Labute approximate surface area is 128 Å². The first-order valence-corrected chi connectivity index (χ1v) is 7.31. The summed E-state index contributed by atoms with van der Waals surface area (Å²) in [4.78, 5) is 4.21. The van der Waals surface area contributed by atoms with Gasteiger partial charge in [0.15, 0.2) is 0 Å². The van der Waals surface area contributed by atoms with Gasteiger partial charge in [0, 0.05) is 24.8 Å². The van der Waals surface area contributed by atoms with Gasteiger partial charge in [0.05, 0.1) is 0 Å². The summed E-state index contributed by atoms with van der Waals surface area (Å²) in [6, 6.07) is 7.14. The van der Waals surface area contributed by atoms with E-state index in [1.54, 1.807) is 25.3 Å². The van der Waals surface area contributed by atoms with E-state index in [0.717, 1.165) is 12.1 Å². The highest BCUT2D eigenvalue weighted by Crippen LogP contribution is 2.29. The molecule has 5 heteroatoms. The Morgan fingerprint density at radius 2 is 2.19 bits per heavy atom. The van der Waals surface area contributed by atoms with E-state index < -0.39 is 0 Å². The van der Waals surface area contributed by atoms with Crippen LogP contribution in [0.5, 0.6) is 11.6 Å². The number of aromatic nitrogens is 1. The number of pyridine rings is 1. The molecule has 0 saturated heterocycles. The third-order valence-electron chi connectivity index (χ3n) is 3.39. The maximum Gasteiger partial charge on any atom is 0.238 e. The van der Waals surface area contributed by atoms with Crippen LogP contribution in [0.25, 0.3) is 0 Å². The van der Waals surface area contributed by atoms with Crippen LogP contribution in [0.1, 0.15) is 24.0 Å². The summed E-state index contributed by atoms with van der Waals surface area (Å²) >= 11 is 6.17. The predicted molar refractivity (Wildman–Crippen MR) is 80.3 cm³/mol. The number of nitrogens with zero attached hydrogens (tertiary/aromatic N) is 1. The number of nitrogens with one attached hydrogen (secondary N) is 1. The van der Waals surface area contributed by atoms with Crippen molar-refractivity contribution in [3.63, 3.8) is 0 Å². The second-order valence-corrected chi connectivity index (χ2v) is 5.71. The van der Waals surface area contributed by atoms with Crippen LogP contribution >= 0.6 is 11.6 Å². The zero-order valence-corrected chi connectivity index (χ0v) is 12.5. The molecule has 1 aliphatic carbocycles. The van der Waals surface area contributed by atoms with Crippen molar-refractivity contribution in [1.29, 1.82) is 0 Å². The molecule has 1 aromatic heterocycles. The topological polar surface area (TPSA) is 34.1 Å². The summed E-state index contributed by atoms with van der Waals surface area (Å²) < 4.78 is 19.0. The molecule has 0 unspecified atom stereocenters. The van der Waals surface area contributed by atoms with E-state index >= 15 is 0 Å². The van der Waals surface area contributed by atoms with Crippen LogP contribution in [-0.4, -0.2) is 11.0 Å². The normalized spacial score (nSPS) is 14.2. The number of hydrogen-bond donors (Lipinski definition) is 1. The molecular weight excluding hydrogens is 291 g/mol. The Balaban J connectivity index is 1.70. The van der Waals surface area contributed by atoms with Gasteiger partial charge in [-0.1, -0.05) is 17.7 Å². The van der Waals surface area contributed by atoms with Crippen LogP contribution < -0.4 is 10.1 Å². The molecule has 1 N–H and O–H groups in total. The molecule has 0 radical (unpaired) electrons. The average molecular weight is 307 g/mol. The van der Waals surface area contributed by atoms with Crippen molar-refractivity contribution in [3.8, 4) is 11.6 Å². The number of benzene rings is 1. The van der Waals surface area contributed by atoms with Crippen molar-refractivity contribution in [2.45, 2.75) is 32.4 Å². The minimum absolute atomic E-state index is 0.287. The minimum Gasteiger partial charge on any atom is -0.437 e. The lowest BCUT2D eigenvalue weighted by atomic mass is 10.2. The predicted octanol–water partition coefficient (Wildman–Crippen LogP) is 4.23. The van der Waals surface area contributed by atoms with Crippen molar-refractivity contribution in [2.24, 2.45) is 0 Å². The zero-order valence-electron chi connectivity index (χ0n) is 11.7. The maximum atomic E-state index is 13.5. The van der Waals surface area contributed by atoms with Crippen LogP contribution in [0.4, 0.5) is 4.39 Å². The molecule has 0 amide bonds. The van der Waals surface area contributed by atoms with Gasteiger partial charge in [-0.15, -0.1) is 0 Å². The highest BCUT2D eigenvalue weighted by atomic mass is 35.5. The number of ether oxygens (including phenoxy) is 1. The molecule has 1 fully saturated rings. The largest absolute Gasteiger partial charge is 0.437 e. The van der Waals surface area contributed by atoms with E-state index in [-0.39, 0.29) is 11.7 Å². The van der Waals surface area contributed by atoms with Crippen molar-refractivity contribution in [1.82, 2.24) is 10.3 Å². The molecule has 0 atom stereocenters. The van der Waals surface area contributed by atoms with E-state index in [0.29, 0.717) is 22.4 Å². The minimum atomic E-state index is -0.311. The first kappa shape index (κ1) is 14.3. The number of rotatable bonds is 5. The smallest absolute Gasteiger partial charge is 0.238 e. The van der Waals surface area contributed by atoms with Crippen molar-refractivity contribution >= 4 is 11.6 Å². The molecule has 2 aromatic rings. The van der Waals surface area contributed by atoms with Crippen LogP contribution in [0.3, 0.4) is 0 Å². The molecule has 0 spiro atoms. The number of hydrogen-bond acceptors (Lipinski definition) is 3. The van der Waals surface area contributed by atoms with Gasteiger partial charge in [-0.3, -0.25) is 0 Å². The van der Waals surface area contributed by atoms with Crippen LogP contribution in [0.2, 0.25) is 5.02 Å². The first-order valence-electron chi connectivity index (χ1n) is 6.93. The van der Waals surface area contributed by atoms with Crippen molar-refractivity contribution in [3.05, 3.63) is 52.4 Å². The fourth-order valence-electron chi connectivity index (χ4n) is 1.94. The Bertz CT molecular complexity index is 659. The van der Waals surface area contributed by atoms with Crippen molar-refractivity contribution in [2.75, 3.05) is 0 Å². The van der Waals surface area contributed by atoms with Crippen LogP contribution in [0.15, 0.2) is 30.5 Å². The Kier molecular flexibility index (Phi) is 4.08. The highest BCUT2D eigenvalue weighted by molar-refractivity contribution is 6.31.